The number of methoxy groups -OCH3 is 2. The molecule has 0 radical (unpaired) electrons. The first-order chi connectivity index (χ1) is 16.2. The molecule has 0 amide bonds. The van der Waals surface area contributed by atoms with Gasteiger partial charge in [-0.25, -0.2) is 4.79 Å². The van der Waals surface area contributed by atoms with E-state index in [1.165, 1.54) is 21.1 Å². The lowest BCUT2D eigenvalue weighted by Crippen LogP contribution is -2.34. The first-order valence-electron chi connectivity index (χ1n) is 10.4. The summed E-state index contributed by atoms with van der Waals surface area (Å²) >= 11 is 5.63. The third-order valence-corrected chi connectivity index (χ3v) is 6.02. The molecule has 1 heterocycles. The van der Waals surface area contributed by atoms with Crippen LogP contribution in [0.5, 0.6) is 17.2 Å². The second-order valence-corrected chi connectivity index (χ2v) is 7.99. The Balaban J connectivity index is 1.99. The van der Waals surface area contributed by atoms with Gasteiger partial charge in [-0.05, 0) is 38.3 Å². The molecule has 2 aromatic carbocycles. The number of carbonyl (C=O) groups is 1. The summed E-state index contributed by atoms with van der Waals surface area (Å²) in [6, 6.07) is 5.09. The summed E-state index contributed by atoms with van der Waals surface area (Å²) in [6.45, 7) is 2.91. The van der Waals surface area contributed by atoms with Gasteiger partial charge in [-0.3, -0.25) is 20.2 Å². The third-order valence-electron chi connectivity index (χ3n) is 5.53. The Morgan fingerprint density at radius 3 is 1.85 bits per heavy atom. The largest absolute Gasteiger partial charge is 0.493 e. The number of thiocarbonyl (C=S) groups is 1. The number of likely N-dealkylation sites (tertiary alicyclic amines) is 1. The van der Waals surface area contributed by atoms with Gasteiger partial charge in [-0.15, -0.1) is 0 Å². The van der Waals surface area contributed by atoms with Gasteiger partial charge in [0, 0.05) is 30.8 Å². The van der Waals surface area contributed by atoms with Crippen LogP contribution in [0.25, 0.3) is 0 Å². The van der Waals surface area contributed by atoms with Crippen LogP contribution in [-0.2, 0) is 0 Å². The maximum atomic E-state index is 12.9. The van der Waals surface area contributed by atoms with Crippen molar-refractivity contribution in [3.05, 3.63) is 61.2 Å². The van der Waals surface area contributed by atoms with Gasteiger partial charge < -0.3 is 19.1 Å². The van der Waals surface area contributed by atoms with Crippen molar-refractivity contribution < 1.29 is 28.9 Å². The molecular formula is C22H23N3O8S. The standard InChI is InChI=1S/C22H23N3O8S/c1-13-16(24(27)28)9-15(10-17(13)25(29)30)22(26)33-20-18(31-2)11-14(12-19(20)32-3)21(34)23-7-5-4-6-8-23/h9-12H,4-8H2,1-3H3. The van der Waals surface area contributed by atoms with Crippen molar-refractivity contribution in [1.82, 2.24) is 4.90 Å². The zero-order valence-electron chi connectivity index (χ0n) is 18.9. The van der Waals surface area contributed by atoms with Gasteiger partial charge >= 0.3 is 5.97 Å². The van der Waals surface area contributed by atoms with Crippen LogP contribution in [0.15, 0.2) is 24.3 Å². The molecule has 11 nitrogen and oxygen atoms in total. The highest BCUT2D eigenvalue weighted by atomic mass is 32.1. The fourth-order valence-electron chi connectivity index (χ4n) is 3.72. The zero-order valence-corrected chi connectivity index (χ0v) is 19.7. The van der Waals surface area contributed by atoms with Crippen LogP contribution in [0, 0.1) is 27.2 Å². The van der Waals surface area contributed by atoms with Gasteiger partial charge in [0.05, 0.1) is 29.6 Å². The monoisotopic (exact) mass is 489 g/mol. The molecule has 34 heavy (non-hydrogen) atoms. The molecule has 0 atom stereocenters. The first kappa shape index (κ1) is 24.8. The average molecular weight is 490 g/mol. The molecule has 1 aliphatic rings. The molecular weight excluding hydrogens is 466 g/mol. The SMILES string of the molecule is COc1cc(C(=S)N2CCCCC2)cc(OC)c1OC(=O)c1cc([N+](=O)[O-])c(C)c([N+](=O)[O-])c1. The summed E-state index contributed by atoms with van der Waals surface area (Å²) in [7, 11) is 2.75. The minimum atomic E-state index is -1.05. The number of rotatable bonds is 7. The van der Waals surface area contributed by atoms with Gasteiger partial charge in [-0.2, -0.15) is 0 Å². The summed E-state index contributed by atoms with van der Waals surface area (Å²) in [5.41, 5.74) is -1.02. The number of nitro benzene ring substituents is 2. The van der Waals surface area contributed by atoms with E-state index < -0.39 is 27.2 Å². The molecule has 180 valence electrons. The second kappa shape index (κ2) is 10.4. The van der Waals surface area contributed by atoms with E-state index in [0.717, 1.165) is 44.5 Å². The molecule has 1 saturated heterocycles. The predicted molar refractivity (Wildman–Crippen MR) is 126 cm³/mol. The Morgan fingerprint density at radius 2 is 1.41 bits per heavy atom. The summed E-state index contributed by atoms with van der Waals surface area (Å²) in [5, 5.41) is 22.7. The molecule has 0 unspecified atom stereocenters. The van der Waals surface area contributed by atoms with Gasteiger partial charge in [0.25, 0.3) is 11.4 Å². The van der Waals surface area contributed by atoms with Crippen LogP contribution in [0.1, 0.15) is 40.7 Å². The Hall–Kier alpha value is -3.80. The quantitative estimate of drug-likeness (QED) is 0.183. The molecule has 3 rings (SSSR count). The number of esters is 1. The van der Waals surface area contributed by atoms with E-state index in [0.29, 0.717) is 10.6 Å². The Kier molecular flexibility index (Phi) is 7.61. The highest BCUT2D eigenvalue weighted by molar-refractivity contribution is 7.80. The average Bonchev–Trinajstić information content (AvgIpc) is 2.83. The van der Waals surface area contributed by atoms with Crippen molar-refractivity contribution in [2.75, 3.05) is 27.3 Å². The molecule has 12 heteroatoms. The van der Waals surface area contributed by atoms with Crippen molar-refractivity contribution in [2.24, 2.45) is 0 Å². The number of piperidine rings is 1. The van der Waals surface area contributed by atoms with E-state index >= 15 is 0 Å². The zero-order chi connectivity index (χ0) is 25.0. The minimum absolute atomic E-state index is 0.0777. The van der Waals surface area contributed by atoms with E-state index in [1.807, 2.05) is 0 Å². The van der Waals surface area contributed by atoms with Crippen LogP contribution >= 0.6 is 12.2 Å². The number of nitrogens with zero attached hydrogens (tertiary/aromatic N) is 3. The maximum Gasteiger partial charge on any atom is 0.344 e. The van der Waals surface area contributed by atoms with Crippen LogP contribution in [0.2, 0.25) is 0 Å². The number of ether oxygens (including phenoxy) is 3. The van der Waals surface area contributed by atoms with Crippen LogP contribution in [0.4, 0.5) is 11.4 Å². The van der Waals surface area contributed by atoms with E-state index in [9.17, 15) is 25.0 Å². The molecule has 0 bridgehead atoms. The van der Waals surface area contributed by atoms with Crippen LogP contribution in [-0.4, -0.2) is 53.0 Å². The highest BCUT2D eigenvalue weighted by Gasteiger charge is 2.28. The third kappa shape index (κ3) is 5.06. The fraction of sp³-hybridized carbons (Fsp3) is 0.364. The topological polar surface area (TPSA) is 134 Å². The maximum absolute atomic E-state index is 12.9. The molecule has 0 saturated carbocycles. The Morgan fingerprint density at radius 1 is 0.912 bits per heavy atom. The second-order valence-electron chi connectivity index (χ2n) is 7.61. The normalized spacial score (nSPS) is 13.2. The van der Waals surface area contributed by atoms with E-state index in [2.05, 4.69) is 4.90 Å². The Bertz CT molecular complexity index is 1100. The lowest BCUT2D eigenvalue weighted by atomic mass is 10.1. The lowest BCUT2D eigenvalue weighted by Gasteiger charge is -2.29. The fourth-order valence-corrected chi connectivity index (χ4v) is 4.02. The van der Waals surface area contributed by atoms with Gasteiger partial charge in [0.2, 0.25) is 5.75 Å². The minimum Gasteiger partial charge on any atom is -0.493 e. The van der Waals surface area contributed by atoms with E-state index in [1.54, 1.807) is 12.1 Å². The number of nitro groups is 2. The van der Waals surface area contributed by atoms with Crippen LogP contribution < -0.4 is 14.2 Å². The summed E-state index contributed by atoms with van der Waals surface area (Å²) in [6.07, 6.45) is 3.23. The van der Waals surface area contributed by atoms with Crippen molar-refractivity contribution in [2.45, 2.75) is 26.2 Å². The summed E-state index contributed by atoms with van der Waals surface area (Å²) < 4.78 is 16.2. The number of benzene rings is 2. The van der Waals surface area contributed by atoms with Gasteiger partial charge in [0.1, 0.15) is 10.6 Å². The van der Waals surface area contributed by atoms with Crippen molar-refractivity contribution in [3.8, 4) is 17.2 Å². The van der Waals surface area contributed by atoms with Crippen molar-refractivity contribution in [3.63, 3.8) is 0 Å². The molecule has 0 N–H and O–H groups in total. The summed E-state index contributed by atoms with van der Waals surface area (Å²) in [4.78, 5) is 36.6. The van der Waals surface area contributed by atoms with Crippen molar-refractivity contribution >= 4 is 34.6 Å². The van der Waals surface area contributed by atoms with Gasteiger partial charge in [-0.1, -0.05) is 12.2 Å². The molecule has 0 aromatic heterocycles. The number of carbonyl (C=O) groups excluding carboxylic acids is 1. The first-order valence-corrected chi connectivity index (χ1v) is 10.8. The lowest BCUT2D eigenvalue weighted by molar-refractivity contribution is -0.395. The van der Waals surface area contributed by atoms with Crippen molar-refractivity contribution in [1.29, 1.82) is 0 Å². The van der Waals surface area contributed by atoms with Gasteiger partial charge in [0.15, 0.2) is 11.5 Å². The molecule has 0 spiro atoms. The number of hydrogen-bond donors (Lipinski definition) is 0. The van der Waals surface area contributed by atoms with Crippen LogP contribution in [0.3, 0.4) is 0 Å². The molecule has 0 aliphatic carbocycles. The molecule has 1 aliphatic heterocycles. The molecule has 1 fully saturated rings. The number of hydrogen-bond acceptors (Lipinski definition) is 9. The molecule has 2 aromatic rings. The summed E-state index contributed by atoms with van der Waals surface area (Å²) in [5.74, 6) is -0.823. The predicted octanol–water partition coefficient (Wildman–Crippen LogP) is 4.21. The Labute approximate surface area is 200 Å². The smallest absolute Gasteiger partial charge is 0.344 e. The van der Waals surface area contributed by atoms with E-state index in [-0.39, 0.29) is 28.4 Å². The van der Waals surface area contributed by atoms with E-state index in [4.69, 9.17) is 26.4 Å². The highest BCUT2D eigenvalue weighted by Crippen LogP contribution is 2.40.